The zero-order valence-electron chi connectivity index (χ0n) is 13.8. The summed E-state index contributed by atoms with van der Waals surface area (Å²) >= 11 is 0. The Morgan fingerprint density at radius 1 is 1.38 bits per heavy atom. The summed E-state index contributed by atoms with van der Waals surface area (Å²) in [7, 11) is 1.63. The van der Waals surface area contributed by atoms with Gasteiger partial charge in [-0.1, -0.05) is 0 Å². The van der Waals surface area contributed by atoms with Crippen molar-refractivity contribution in [3.05, 3.63) is 40.3 Å². The quantitative estimate of drug-likeness (QED) is 0.803. The molecule has 3 rings (SSSR count). The fourth-order valence-corrected chi connectivity index (χ4v) is 2.88. The number of aryl methyl sites for hydroxylation is 1. The SMILES string of the molecule is Cn1c(=O)c(C(=O)NCCCN2CCOCC2)cc2cccnc21. The average Bonchev–Trinajstić information content (AvgIpc) is 2.62. The molecule has 1 amide bonds. The molecule has 3 heterocycles. The molecule has 1 aliphatic heterocycles. The largest absolute Gasteiger partial charge is 0.379 e. The Balaban J connectivity index is 1.61. The number of hydrogen-bond acceptors (Lipinski definition) is 5. The first-order valence-corrected chi connectivity index (χ1v) is 8.20. The zero-order valence-corrected chi connectivity index (χ0v) is 13.8. The summed E-state index contributed by atoms with van der Waals surface area (Å²) in [6.45, 7) is 4.88. The van der Waals surface area contributed by atoms with Gasteiger partial charge in [0, 0.05) is 38.3 Å². The molecule has 128 valence electrons. The Labute approximate surface area is 140 Å². The van der Waals surface area contributed by atoms with Crippen LogP contribution in [0.25, 0.3) is 11.0 Å². The summed E-state index contributed by atoms with van der Waals surface area (Å²) in [5.41, 5.74) is 0.405. The van der Waals surface area contributed by atoms with Crippen molar-refractivity contribution in [3.8, 4) is 0 Å². The predicted molar refractivity (Wildman–Crippen MR) is 91.2 cm³/mol. The highest BCUT2D eigenvalue weighted by atomic mass is 16.5. The van der Waals surface area contributed by atoms with Crippen LogP contribution in [0.2, 0.25) is 0 Å². The van der Waals surface area contributed by atoms with E-state index in [4.69, 9.17) is 4.74 Å². The number of aromatic nitrogens is 2. The van der Waals surface area contributed by atoms with Crippen LogP contribution in [0, 0.1) is 0 Å². The molecule has 1 fully saturated rings. The normalized spacial score (nSPS) is 15.5. The van der Waals surface area contributed by atoms with Gasteiger partial charge in [-0.2, -0.15) is 0 Å². The third-order valence-electron chi connectivity index (χ3n) is 4.25. The number of ether oxygens (including phenoxy) is 1. The van der Waals surface area contributed by atoms with Crippen LogP contribution in [-0.4, -0.2) is 59.8 Å². The van der Waals surface area contributed by atoms with E-state index in [2.05, 4.69) is 15.2 Å². The van der Waals surface area contributed by atoms with Crippen LogP contribution in [-0.2, 0) is 11.8 Å². The van der Waals surface area contributed by atoms with Crippen LogP contribution < -0.4 is 10.9 Å². The second kappa shape index (κ2) is 7.55. The first-order valence-electron chi connectivity index (χ1n) is 8.20. The topological polar surface area (TPSA) is 76.5 Å². The van der Waals surface area contributed by atoms with Crippen molar-refractivity contribution in [1.29, 1.82) is 0 Å². The molecule has 0 bridgehead atoms. The van der Waals surface area contributed by atoms with Crippen LogP contribution in [0.3, 0.4) is 0 Å². The molecular weight excluding hydrogens is 308 g/mol. The summed E-state index contributed by atoms with van der Waals surface area (Å²) in [4.78, 5) is 31.2. The molecule has 0 spiro atoms. The average molecular weight is 330 g/mol. The maximum Gasteiger partial charge on any atom is 0.264 e. The van der Waals surface area contributed by atoms with E-state index in [-0.39, 0.29) is 17.0 Å². The highest BCUT2D eigenvalue weighted by molar-refractivity contribution is 5.96. The Morgan fingerprint density at radius 2 is 2.17 bits per heavy atom. The molecular formula is C17H22N4O3. The summed E-state index contributed by atoms with van der Waals surface area (Å²) in [5, 5.41) is 3.62. The first kappa shape index (κ1) is 16.6. The molecule has 0 aliphatic carbocycles. The lowest BCUT2D eigenvalue weighted by Gasteiger charge is -2.26. The summed E-state index contributed by atoms with van der Waals surface area (Å²) in [5.74, 6) is -0.330. The van der Waals surface area contributed by atoms with Gasteiger partial charge in [0.05, 0.1) is 13.2 Å². The van der Waals surface area contributed by atoms with Crippen molar-refractivity contribution in [2.24, 2.45) is 7.05 Å². The molecule has 0 unspecified atom stereocenters. The van der Waals surface area contributed by atoms with Gasteiger partial charge in [-0.05, 0) is 31.2 Å². The van der Waals surface area contributed by atoms with Crippen LogP contribution in [0.5, 0.6) is 0 Å². The number of pyridine rings is 2. The molecule has 7 heteroatoms. The predicted octanol–water partition coefficient (Wildman–Crippen LogP) is 0.386. The summed E-state index contributed by atoms with van der Waals surface area (Å²) in [6.07, 6.45) is 2.48. The van der Waals surface area contributed by atoms with E-state index in [1.807, 2.05) is 6.07 Å². The van der Waals surface area contributed by atoms with Crippen molar-refractivity contribution in [1.82, 2.24) is 19.8 Å². The molecule has 0 saturated carbocycles. The Kier molecular flexibility index (Phi) is 5.22. The van der Waals surface area contributed by atoms with E-state index >= 15 is 0 Å². The smallest absolute Gasteiger partial charge is 0.264 e. The minimum Gasteiger partial charge on any atom is -0.379 e. The molecule has 1 saturated heterocycles. The van der Waals surface area contributed by atoms with Gasteiger partial charge < -0.3 is 10.1 Å². The number of carbonyl (C=O) groups excluding carboxylic acids is 1. The number of morpholine rings is 1. The number of fused-ring (bicyclic) bond motifs is 1. The van der Waals surface area contributed by atoms with Gasteiger partial charge in [0.2, 0.25) is 0 Å². The van der Waals surface area contributed by atoms with Gasteiger partial charge in [-0.3, -0.25) is 19.1 Å². The van der Waals surface area contributed by atoms with Gasteiger partial charge in [-0.25, -0.2) is 4.98 Å². The van der Waals surface area contributed by atoms with Gasteiger partial charge in [-0.15, -0.1) is 0 Å². The van der Waals surface area contributed by atoms with Gasteiger partial charge in [0.1, 0.15) is 11.2 Å². The monoisotopic (exact) mass is 330 g/mol. The molecule has 2 aromatic heterocycles. The minimum atomic E-state index is -0.330. The van der Waals surface area contributed by atoms with E-state index in [9.17, 15) is 9.59 Å². The first-order chi connectivity index (χ1) is 11.7. The molecule has 1 aliphatic rings. The van der Waals surface area contributed by atoms with E-state index in [1.165, 1.54) is 4.57 Å². The van der Waals surface area contributed by atoms with E-state index in [0.717, 1.165) is 44.7 Å². The van der Waals surface area contributed by atoms with Gasteiger partial charge in [0.15, 0.2) is 0 Å². The van der Waals surface area contributed by atoms with Crippen LogP contribution in [0.1, 0.15) is 16.8 Å². The number of amides is 1. The summed E-state index contributed by atoms with van der Waals surface area (Å²) in [6, 6.07) is 5.25. The molecule has 0 atom stereocenters. The number of rotatable bonds is 5. The number of nitrogens with zero attached hydrogens (tertiary/aromatic N) is 3. The van der Waals surface area contributed by atoms with Crippen molar-refractivity contribution in [3.63, 3.8) is 0 Å². The lowest BCUT2D eigenvalue weighted by atomic mass is 10.2. The number of nitrogens with one attached hydrogen (secondary N) is 1. The number of hydrogen-bond donors (Lipinski definition) is 1. The zero-order chi connectivity index (χ0) is 16.9. The van der Waals surface area contributed by atoms with Crippen molar-refractivity contribution in [2.45, 2.75) is 6.42 Å². The maximum absolute atomic E-state index is 12.3. The fraction of sp³-hybridized carbons (Fsp3) is 0.471. The second-order valence-electron chi connectivity index (χ2n) is 5.90. The van der Waals surface area contributed by atoms with Gasteiger partial charge >= 0.3 is 0 Å². The highest BCUT2D eigenvalue weighted by Crippen LogP contribution is 2.09. The van der Waals surface area contributed by atoms with Crippen molar-refractivity contribution >= 4 is 16.9 Å². The Bertz CT molecular complexity index is 781. The van der Waals surface area contributed by atoms with Crippen LogP contribution in [0.4, 0.5) is 0 Å². The summed E-state index contributed by atoms with van der Waals surface area (Å²) < 4.78 is 6.72. The standard InChI is InChI=1S/C17H22N4O3/c1-20-15-13(4-2-5-18-15)12-14(17(20)23)16(22)19-6-3-7-21-8-10-24-11-9-21/h2,4-5,12H,3,6-11H2,1H3,(H,19,22). The Morgan fingerprint density at radius 3 is 2.96 bits per heavy atom. The lowest BCUT2D eigenvalue weighted by Crippen LogP contribution is -2.38. The molecule has 7 nitrogen and oxygen atoms in total. The Hall–Kier alpha value is -2.25. The molecule has 24 heavy (non-hydrogen) atoms. The van der Waals surface area contributed by atoms with E-state index in [1.54, 1.807) is 25.4 Å². The molecule has 1 N–H and O–H groups in total. The fourth-order valence-electron chi connectivity index (χ4n) is 2.88. The van der Waals surface area contributed by atoms with Gasteiger partial charge in [0.25, 0.3) is 11.5 Å². The second-order valence-corrected chi connectivity index (χ2v) is 5.90. The van der Waals surface area contributed by atoms with Crippen molar-refractivity contribution < 1.29 is 9.53 Å². The molecule has 0 aromatic carbocycles. The highest BCUT2D eigenvalue weighted by Gasteiger charge is 2.15. The van der Waals surface area contributed by atoms with E-state index in [0.29, 0.717) is 12.2 Å². The lowest BCUT2D eigenvalue weighted by molar-refractivity contribution is 0.0374. The third-order valence-corrected chi connectivity index (χ3v) is 4.25. The maximum atomic E-state index is 12.3. The van der Waals surface area contributed by atoms with Crippen molar-refractivity contribution in [2.75, 3.05) is 39.4 Å². The molecule has 2 aromatic rings. The van der Waals surface area contributed by atoms with Crippen LogP contribution >= 0.6 is 0 Å². The van der Waals surface area contributed by atoms with Crippen LogP contribution in [0.15, 0.2) is 29.2 Å². The third kappa shape index (κ3) is 3.63. The van der Waals surface area contributed by atoms with E-state index < -0.39 is 0 Å². The number of carbonyl (C=O) groups is 1. The minimum absolute atomic E-state index is 0.157. The molecule has 0 radical (unpaired) electrons.